The molecule has 3 heterocycles. The highest BCUT2D eigenvalue weighted by Crippen LogP contribution is 2.28. The summed E-state index contributed by atoms with van der Waals surface area (Å²) in [6.07, 6.45) is 2.21. The fraction of sp³-hybridized carbons (Fsp3) is 0.423. The number of carbonyl (C=O) groups excluding carboxylic acids is 2. The van der Waals surface area contributed by atoms with E-state index in [0.29, 0.717) is 54.8 Å². The van der Waals surface area contributed by atoms with Crippen LogP contribution in [0.5, 0.6) is 0 Å². The van der Waals surface area contributed by atoms with Crippen LogP contribution in [-0.4, -0.2) is 63.2 Å². The zero-order chi connectivity index (χ0) is 26.0. The molecule has 0 bridgehead atoms. The Kier molecular flexibility index (Phi) is 7.26. The number of aromatic nitrogens is 3. The van der Waals surface area contributed by atoms with Crippen LogP contribution in [-0.2, 0) is 16.0 Å². The van der Waals surface area contributed by atoms with Crippen LogP contribution in [0.4, 0.5) is 10.6 Å². The average Bonchev–Trinajstić information content (AvgIpc) is 3.28. The van der Waals surface area contributed by atoms with Gasteiger partial charge in [-0.25, -0.2) is 9.78 Å². The Morgan fingerprint density at radius 1 is 1.14 bits per heavy atom. The van der Waals surface area contributed by atoms with E-state index < -0.39 is 5.60 Å². The molecule has 1 fully saturated rings. The van der Waals surface area contributed by atoms with Gasteiger partial charge in [0.05, 0.1) is 0 Å². The van der Waals surface area contributed by atoms with Gasteiger partial charge in [0.25, 0.3) is 5.56 Å². The first-order valence-corrected chi connectivity index (χ1v) is 12.8. The number of nitrogens with zero attached hydrogens (tertiary/aromatic N) is 5. The lowest BCUT2D eigenvalue weighted by Gasteiger charge is -2.36. The number of Topliss-reactive ketones (excluding diaryl/α,β-unsaturated/α-hetero) is 1. The lowest BCUT2D eigenvalue weighted by Crippen LogP contribution is -2.50. The third-order valence-corrected chi connectivity index (χ3v) is 6.74. The van der Waals surface area contributed by atoms with Gasteiger partial charge in [0.2, 0.25) is 4.96 Å². The normalized spacial score (nSPS) is 14.2. The lowest BCUT2D eigenvalue weighted by atomic mass is 10.0. The zero-order valence-electron chi connectivity index (χ0n) is 21.1. The number of carbonyl (C=O) groups is 2. The minimum absolute atomic E-state index is 0.153. The predicted molar refractivity (Wildman–Crippen MR) is 142 cm³/mol. The Bertz CT molecular complexity index is 1360. The zero-order valence-corrected chi connectivity index (χ0v) is 21.9. The summed E-state index contributed by atoms with van der Waals surface area (Å²) in [5.41, 5.74) is 1.77. The van der Waals surface area contributed by atoms with E-state index in [1.807, 2.05) is 50.8 Å². The van der Waals surface area contributed by atoms with Crippen molar-refractivity contribution in [3.8, 4) is 10.6 Å². The fourth-order valence-corrected chi connectivity index (χ4v) is 4.82. The highest BCUT2D eigenvalue weighted by molar-refractivity contribution is 7.19. The third kappa shape index (κ3) is 5.81. The fourth-order valence-electron chi connectivity index (χ4n) is 3.94. The first-order chi connectivity index (χ1) is 17.1. The van der Waals surface area contributed by atoms with Crippen molar-refractivity contribution in [3.63, 3.8) is 0 Å². The highest BCUT2D eigenvalue weighted by atomic mass is 32.1. The molecular weight excluding hydrogens is 478 g/mol. The molecule has 0 atom stereocenters. The molecule has 190 valence electrons. The van der Waals surface area contributed by atoms with Crippen LogP contribution < -0.4 is 10.5 Å². The van der Waals surface area contributed by atoms with Gasteiger partial charge in [-0.15, -0.1) is 0 Å². The summed E-state index contributed by atoms with van der Waals surface area (Å²) in [6, 6.07) is 7.29. The molecule has 0 saturated carbocycles. The quantitative estimate of drug-likeness (QED) is 0.495. The molecule has 1 aliphatic rings. The molecule has 4 rings (SSSR count). The number of ether oxygens (including phenoxy) is 1. The molecule has 0 N–H and O–H groups in total. The summed E-state index contributed by atoms with van der Waals surface area (Å²) in [5, 5.41) is 5.15. The van der Waals surface area contributed by atoms with E-state index in [1.54, 1.807) is 11.0 Å². The topological polar surface area (TPSA) is 97.1 Å². The summed E-state index contributed by atoms with van der Waals surface area (Å²) in [5.74, 6) is 0.717. The summed E-state index contributed by atoms with van der Waals surface area (Å²) >= 11 is 1.32. The van der Waals surface area contributed by atoms with Gasteiger partial charge in [-0.3, -0.25) is 9.59 Å². The number of anilines is 1. The molecule has 0 unspecified atom stereocenters. The molecule has 10 heteroatoms. The lowest BCUT2D eigenvalue weighted by molar-refractivity contribution is -0.118. The first-order valence-electron chi connectivity index (χ1n) is 12.0. The maximum atomic E-state index is 12.9. The highest BCUT2D eigenvalue weighted by Gasteiger charge is 2.27. The number of piperazine rings is 1. The number of fused-ring (bicyclic) bond motifs is 1. The molecule has 0 spiro atoms. The van der Waals surface area contributed by atoms with Gasteiger partial charge in [0.1, 0.15) is 22.2 Å². The van der Waals surface area contributed by atoms with E-state index in [0.717, 1.165) is 16.7 Å². The maximum absolute atomic E-state index is 12.9. The van der Waals surface area contributed by atoms with Crippen LogP contribution in [0.2, 0.25) is 0 Å². The summed E-state index contributed by atoms with van der Waals surface area (Å²) in [7, 11) is 0. The summed E-state index contributed by atoms with van der Waals surface area (Å²) in [4.78, 5) is 46.1. The van der Waals surface area contributed by atoms with Crippen LogP contribution in [0.3, 0.4) is 0 Å². The molecule has 1 aromatic carbocycles. The molecule has 9 nitrogen and oxygen atoms in total. The Hall–Kier alpha value is -3.53. The number of ketones is 1. The number of hydrogen-bond acceptors (Lipinski definition) is 8. The monoisotopic (exact) mass is 509 g/mol. The minimum Gasteiger partial charge on any atom is -0.444 e. The Balaban J connectivity index is 1.57. The SMILES string of the molecule is C=Cc1cc(CC(=O)CC)cc(-c2nn3c(=O)cc(N4CCN(C(=O)OC(C)(C)C)CC4)nc3s2)c1. The standard InChI is InChI=1S/C26H31N5O4S/c1-6-17-12-18(15-20(32)7-2)14-19(13-17)23-28-31-22(33)16-21(27-24(31)36-23)29-8-10-30(11-9-29)25(34)35-26(3,4)5/h6,12-14,16H,1,7-11,15H2,2-5H3. The molecule has 2 aromatic heterocycles. The maximum Gasteiger partial charge on any atom is 0.410 e. The molecule has 0 aliphatic carbocycles. The van der Waals surface area contributed by atoms with Crippen LogP contribution in [0.25, 0.3) is 21.6 Å². The van der Waals surface area contributed by atoms with E-state index >= 15 is 0 Å². The second kappa shape index (κ2) is 10.2. The van der Waals surface area contributed by atoms with E-state index in [1.165, 1.54) is 21.9 Å². The van der Waals surface area contributed by atoms with Gasteiger partial charge >= 0.3 is 6.09 Å². The van der Waals surface area contributed by atoms with Crippen molar-refractivity contribution in [2.75, 3.05) is 31.1 Å². The number of benzene rings is 1. The number of rotatable bonds is 6. The predicted octanol–water partition coefficient (Wildman–Crippen LogP) is 4.04. The summed E-state index contributed by atoms with van der Waals surface area (Å²) in [6.45, 7) is 13.3. The van der Waals surface area contributed by atoms with Gasteiger partial charge in [-0.2, -0.15) is 9.61 Å². The largest absolute Gasteiger partial charge is 0.444 e. The molecule has 0 radical (unpaired) electrons. The van der Waals surface area contributed by atoms with Crippen LogP contribution >= 0.6 is 11.3 Å². The second-order valence-corrected chi connectivity index (χ2v) is 10.7. The minimum atomic E-state index is -0.545. The molecule has 36 heavy (non-hydrogen) atoms. The van der Waals surface area contributed by atoms with Crippen molar-refractivity contribution >= 4 is 40.1 Å². The molecule has 3 aromatic rings. The van der Waals surface area contributed by atoms with E-state index in [4.69, 9.17) is 9.72 Å². The van der Waals surface area contributed by atoms with E-state index in [-0.39, 0.29) is 17.4 Å². The van der Waals surface area contributed by atoms with Crippen LogP contribution in [0.1, 0.15) is 45.2 Å². The Morgan fingerprint density at radius 3 is 2.50 bits per heavy atom. The van der Waals surface area contributed by atoms with Gasteiger partial charge in [-0.05, 0) is 44.0 Å². The Labute approximate surface area is 214 Å². The van der Waals surface area contributed by atoms with Crippen molar-refractivity contribution in [1.29, 1.82) is 0 Å². The number of hydrogen-bond donors (Lipinski definition) is 0. The number of amides is 1. The smallest absolute Gasteiger partial charge is 0.410 e. The van der Waals surface area contributed by atoms with Crippen LogP contribution in [0.15, 0.2) is 35.6 Å². The molecule has 1 aliphatic heterocycles. The van der Waals surface area contributed by atoms with Gasteiger partial charge in [0, 0.05) is 50.7 Å². The van der Waals surface area contributed by atoms with Gasteiger partial charge < -0.3 is 14.5 Å². The van der Waals surface area contributed by atoms with Crippen molar-refractivity contribution < 1.29 is 14.3 Å². The summed E-state index contributed by atoms with van der Waals surface area (Å²) < 4.78 is 6.76. The average molecular weight is 510 g/mol. The molecule has 1 saturated heterocycles. The van der Waals surface area contributed by atoms with Gasteiger partial charge in [-0.1, -0.05) is 37.0 Å². The molecule has 1 amide bonds. The second-order valence-electron chi connectivity index (χ2n) is 9.75. The van der Waals surface area contributed by atoms with Gasteiger partial charge in [0.15, 0.2) is 0 Å². The van der Waals surface area contributed by atoms with Crippen molar-refractivity contribution in [2.45, 2.75) is 46.1 Å². The van der Waals surface area contributed by atoms with E-state index in [9.17, 15) is 14.4 Å². The third-order valence-electron chi connectivity index (χ3n) is 5.78. The first kappa shape index (κ1) is 25.6. The van der Waals surface area contributed by atoms with Crippen LogP contribution in [0, 0.1) is 0 Å². The Morgan fingerprint density at radius 2 is 1.86 bits per heavy atom. The molecular formula is C26H31N5O4S. The van der Waals surface area contributed by atoms with E-state index in [2.05, 4.69) is 11.7 Å². The van der Waals surface area contributed by atoms with Crippen molar-refractivity contribution in [2.24, 2.45) is 0 Å². The van der Waals surface area contributed by atoms with Crippen molar-refractivity contribution in [1.82, 2.24) is 19.5 Å². The van der Waals surface area contributed by atoms with Crippen molar-refractivity contribution in [3.05, 3.63) is 52.3 Å².